The molecule has 2 aliphatic heterocycles. The smallest absolute Gasteiger partial charge is 0.163 e. The van der Waals surface area contributed by atoms with Crippen LogP contribution in [-0.4, -0.2) is 48.3 Å². The summed E-state index contributed by atoms with van der Waals surface area (Å²) in [4.78, 5) is 3.91. The van der Waals surface area contributed by atoms with Crippen molar-refractivity contribution in [2.45, 2.75) is 32.7 Å². The van der Waals surface area contributed by atoms with E-state index in [1.54, 1.807) is 4.90 Å². The van der Waals surface area contributed by atoms with E-state index in [9.17, 15) is 4.39 Å². The first-order chi connectivity index (χ1) is 15.9. The third-order valence-corrected chi connectivity index (χ3v) is 6.32. The highest BCUT2D eigenvalue weighted by atomic mass is 19.1. The molecule has 2 N–H and O–H groups in total. The average molecular weight is 447 g/mol. The Balaban J connectivity index is 1.84. The first-order valence-corrected chi connectivity index (χ1v) is 11.2. The molecule has 1 atom stereocenters. The normalized spacial score (nSPS) is 21.3. The second-order valence-electron chi connectivity index (χ2n) is 8.82. The molecule has 7 heteroatoms. The topological polar surface area (TPSA) is 67.1 Å². The van der Waals surface area contributed by atoms with Crippen LogP contribution in [0.4, 0.5) is 4.39 Å². The molecule has 0 amide bonds. The molecule has 0 bridgehead atoms. The van der Waals surface area contributed by atoms with E-state index in [0.717, 1.165) is 46.6 Å². The summed E-state index contributed by atoms with van der Waals surface area (Å²) >= 11 is 0. The maximum atomic E-state index is 13.7. The van der Waals surface area contributed by atoms with Crippen molar-refractivity contribution in [3.05, 3.63) is 82.5 Å². The van der Waals surface area contributed by atoms with E-state index in [2.05, 4.69) is 71.0 Å². The number of alkyl halides is 1. The van der Waals surface area contributed by atoms with Gasteiger partial charge in [0.05, 0.1) is 11.7 Å². The molecule has 172 valence electrons. The summed E-state index contributed by atoms with van der Waals surface area (Å²) in [6.45, 7) is 11.7. The van der Waals surface area contributed by atoms with Crippen LogP contribution in [0.25, 0.3) is 0 Å². The van der Waals surface area contributed by atoms with Crippen molar-refractivity contribution in [3.8, 4) is 0 Å². The molecule has 0 saturated heterocycles. The molecule has 1 fully saturated rings. The molecule has 2 heterocycles. The summed E-state index contributed by atoms with van der Waals surface area (Å²) in [6, 6.07) is 8.26. The van der Waals surface area contributed by atoms with Crippen LogP contribution in [0.2, 0.25) is 0 Å². The molecule has 1 unspecified atom stereocenters. The maximum Gasteiger partial charge on any atom is 0.163 e. The Bertz CT molecular complexity index is 1100. The monoisotopic (exact) mass is 446 g/mol. The largest absolute Gasteiger partial charge is 0.389 e. The van der Waals surface area contributed by atoms with Crippen LogP contribution < -0.4 is 5.32 Å². The predicted octanol–water partition coefficient (Wildman–Crippen LogP) is 4.86. The lowest BCUT2D eigenvalue weighted by molar-refractivity contribution is 0.376. The lowest BCUT2D eigenvalue weighted by Crippen LogP contribution is -2.35. The Morgan fingerprint density at radius 3 is 2.52 bits per heavy atom. The fourth-order valence-electron chi connectivity index (χ4n) is 4.55. The maximum absolute atomic E-state index is 13.7. The quantitative estimate of drug-likeness (QED) is 0.357. The molecule has 1 aromatic carbocycles. The Labute approximate surface area is 195 Å². The number of rotatable bonds is 7. The summed E-state index contributed by atoms with van der Waals surface area (Å²) in [5, 5.41) is 19.7. The lowest BCUT2D eigenvalue weighted by atomic mass is 9.98. The van der Waals surface area contributed by atoms with Crippen LogP contribution >= 0.6 is 0 Å². The van der Waals surface area contributed by atoms with E-state index >= 15 is 0 Å². The summed E-state index contributed by atoms with van der Waals surface area (Å²) in [6.07, 6.45) is 6.07. The molecular formula is C26H31FN6. The van der Waals surface area contributed by atoms with Gasteiger partial charge in [0.2, 0.25) is 0 Å². The van der Waals surface area contributed by atoms with Gasteiger partial charge in [-0.05, 0) is 38.3 Å². The van der Waals surface area contributed by atoms with Crippen LogP contribution in [0.3, 0.4) is 0 Å². The van der Waals surface area contributed by atoms with Gasteiger partial charge in [-0.3, -0.25) is 0 Å². The third kappa shape index (κ3) is 4.27. The number of hydrogen-bond acceptors (Lipinski definition) is 5. The second-order valence-corrected chi connectivity index (χ2v) is 8.82. The second kappa shape index (κ2) is 9.17. The van der Waals surface area contributed by atoms with Crippen molar-refractivity contribution >= 4 is 18.3 Å². The van der Waals surface area contributed by atoms with Gasteiger partial charge in [0.15, 0.2) is 5.84 Å². The summed E-state index contributed by atoms with van der Waals surface area (Å²) in [7, 11) is 1.90. The van der Waals surface area contributed by atoms with Crippen molar-refractivity contribution in [2.24, 2.45) is 16.1 Å². The number of halogens is 1. The molecule has 1 aromatic rings. The zero-order valence-corrected chi connectivity index (χ0v) is 19.5. The van der Waals surface area contributed by atoms with Gasteiger partial charge in [0, 0.05) is 55.1 Å². The van der Waals surface area contributed by atoms with Gasteiger partial charge < -0.3 is 20.5 Å². The van der Waals surface area contributed by atoms with Crippen LogP contribution in [0.5, 0.6) is 0 Å². The molecular weight excluding hydrogens is 415 g/mol. The molecule has 33 heavy (non-hydrogen) atoms. The van der Waals surface area contributed by atoms with E-state index in [1.807, 2.05) is 20.2 Å². The van der Waals surface area contributed by atoms with Crippen molar-refractivity contribution < 1.29 is 4.39 Å². The Kier molecular flexibility index (Phi) is 6.31. The molecule has 0 radical (unpaired) electrons. The molecule has 6 nitrogen and oxygen atoms in total. The van der Waals surface area contributed by atoms with Gasteiger partial charge in [-0.1, -0.05) is 42.0 Å². The van der Waals surface area contributed by atoms with Crippen LogP contribution in [-0.2, 0) is 0 Å². The van der Waals surface area contributed by atoms with E-state index < -0.39 is 6.67 Å². The number of amidine groups is 1. The zero-order valence-electron chi connectivity index (χ0n) is 19.5. The fourth-order valence-corrected chi connectivity index (χ4v) is 4.55. The molecule has 0 aromatic heterocycles. The predicted molar refractivity (Wildman–Crippen MR) is 133 cm³/mol. The molecule has 0 spiro atoms. The van der Waals surface area contributed by atoms with E-state index in [4.69, 9.17) is 5.41 Å². The summed E-state index contributed by atoms with van der Waals surface area (Å²) < 4.78 is 13.7. The third-order valence-electron chi connectivity index (χ3n) is 6.32. The highest BCUT2D eigenvalue weighted by Gasteiger charge is 2.42. The average Bonchev–Trinajstić information content (AvgIpc) is 3.60. The lowest BCUT2D eigenvalue weighted by Gasteiger charge is -2.35. The van der Waals surface area contributed by atoms with Crippen molar-refractivity contribution in [3.63, 3.8) is 0 Å². The first kappa shape index (κ1) is 22.7. The van der Waals surface area contributed by atoms with Gasteiger partial charge in [0.25, 0.3) is 0 Å². The van der Waals surface area contributed by atoms with Gasteiger partial charge in [-0.25, -0.2) is 4.39 Å². The minimum absolute atomic E-state index is 0.171. The standard InChI is InChI=1S/C26H31FN6/c1-16-6-8-20(9-7-16)26-25(29-4)23(24(28)19-10-11-19)18(3)33(26)21-12-17(2)14-32(15-21)22(13-27)31-30-5/h6-9,12,15,19,26,28-29H,3,5,10-11,13-14H2,1-2,4H3/b28-24?,31-22-. The van der Waals surface area contributed by atoms with Crippen molar-refractivity contribution in [2.75, 3.05) is 20.3 Å². The fraction of sp³-hybridized carbons (Fsp3) is 0.346. The van der Waals surface area contributed by atoms with E-state index in [-0.39, 0.29) is 17.8 Å². The number of likely N-dealkylation sites (N-methyl/N-ethyl adjacent to an activating group) is 1. The Hall–Kier alpha value is -3.48. The van der Waals surface area contributed by atoms with Gasteiger partial charge in [-0.15, -0.1) is 5.10 Å². The number of nitrogens with one attached hydrogen (secondary N) is 2. The highest BCUT2D eigenvalue weighted by Crippen LogP contribution is 2.47. The minimum atomic E-state index is -0.740. The minimum Gasteiger partial charge on any atom is -0.389 e. The molecule has 1 aliphatic carbocycles. The van der Waals surface area contributed by atoms with E-state index in [0.29, 0.717) is 12.3 Å². The summed E-state index contributed by atoms with van der Waals surface area (Å²) in [5.74, 6) is 0.496. The number of aryl methyl sites for hydroxylation is 1. The number of allylic oxidation sites excluding steroid dienone is 2. The number of hydrogen-bond donors (Lipinski definition) is 2. The number of benzene rings is 1. The molecule has 3 aliphatic rings. The number of nitrogens with zero attached hydrogens (tertiary/aromatic N) is 4. The first-order valence-electron chi connectivity index (χ1n) is 11.2. The van der Waals surface area contributed by atoms with Gasteiger partial charge in [-0.2, -0.15) is 5.10 Å². The SMILES string of the molecule is C=N/N=C(/CF)N1C=C(N2C(=C)C(C(=N)C3CC3)=C(NC)C2c2ccc(C)cc2)C=C(C)C1. The van der Waals surface area contributed by atoms with Crippen molar-refractivity contribution in [1.82, 2.24) is 15.1 Å². The van der Waals surface area contributed by atoms with E-state index in [1.165, 1.54) is 5.56 Å². The summed E-state index contributed by atoms with van der Waals surface area (Å²) in [5.41, 5.74) is 7.47. The Morgan fingerprint density at radius 2 is 1.94 bits per heavy atom. The Morgan fingerprint density at radius 1 is 1.24 bits per heavy atom. The highest BCUT2D eigenvalue weighted by molar-refractivity contribution is 6.06. The van der Waals surface area contributed by atoms with Crippen LogP contribution in [0.1, 0.15) is 36.9 Å². The van der Waals surface area contributed by atoms with Crippen LogP contribution in [0, 0.1) is 18.3 Å². The molecule has 1 saturated carbocycles. The van der Waals surface area contributed by atoms with Gasteiger partial charge in [0.1, 0.15) is 6.67 Å². The van der Waals surface area contributed by atoms with Gasteiger partial charge >= 0.3 is 0 Å². The van der Waals surface area contributed by atoms with Crippen molar-refractivity contribution in [1.29, 1.82) is 5.41 Å². The zero-order chi connectivity index (χ0) is 23.7. The molecule has 4 rings (SSSR count). The van der Waals surface area contributed by atoms with Crippen LogP contribution in [0.15, 0.2) is 81.6 Å².